The maximum Gasteiger partial charge on any atom is 0.0885 e. The molecule has 14 heavy (non-hydrogen) atoms. The van der Waals surface area contributed by atoms with Gasteiger partial charge in [-0.2, -0.15) is 0 Å². The molecule has 0 heterocycles. The highest BCUT2D eigenvalue weighted by molar-refractivity contribution is 4.67. The molecule has 0 aliphatic heterocycles. The lowest BCUT2D eigenvalue weighted by molar-refractivity contribution is -0.888. The highest BCUT2D eigenvalue weighted by atomic mass is 16.5. The molecule has 1 aliphatic rings. The quantitative estimate of drug-likeness (QED) is 0.378. The predicted molar refractivity (Wildman–Crippen MR) is 60.8 cm³/mol. The summed E-state index contributed by atoms with van der Waals surface area (Å²) in [7, 11) is 1.88. The van der Waals surface area contributed by atoms with Crippen molar-refractivity contribution in [3.8, 4) is 0 Å². The molecule has 0 amide bonds. The summed E-state index contributed by atoms with van der Waals surface area (Å²) in [4.78, 5) is 0. The molecule has 1 saturated carbocycles. The third-order valence-electron chi connectivity index (χ3n) is 3.55. The molecule has 0 radical (unpaired) electrons. The Kier molecular flexibility index (Phi) is 4.90. The summed E-state index contributed by atoms with van der Waals surface area (Å²) in [5.41, 5.74) is 0. The molecule has 1 unspecified atom stereocenters. The van der Waals surface area contributed by atoms with Gasteiger partial charge in [0.2, 0.25) is 0 Å². The van der Waals surface area contributed by atoms with Gasteiger partial charge in [-0.3, -0.25) is 0 Å². The molecular weight excluding hydrogens is 174 g/mol. The van der Waals surface area contributed by atoms with Gasteiger partial charge < -0.3 is 9.85 Å². The molecule has 2 heteroatoms. The number of nitrogens with zero attached hydrogens (tertiary/aromatic N) is 1. The first-order chi connectivity index (χ1) is 6.67. The van der Waals surface area contributed by atoms with E-state index in [0.29, 0.717) is 6.04 Å². The fourth-order valence-corrected chi connectivity index (χ4v) is 2.49. The molecule has 1 fully saturated rings. The summed E-state index contributed by atoms with van der Waals surface area (Å²) in [6, 6.07) is 0.403. The highest BCUT2D eigenvalue weighted by Gasteiger charge is 2.25. The molecular formula is C12H25NO. The minimum absolute atomic E-state index is 0.0278. The van der Waals surface area contributed by atoms with Crippen LogP contribution < -0.4 is 0 Å². The number of unbranched alkanes of at least 4 members (excludes halogenated alkanes) is 2. The number of hydrogen-bond donors (Lipinski definition) is 0. The fraction of sp³-hybridized carbons (Fsp3) is 1.00. The van der Waals surface area contributed by atoms with Gasteiger partial charge in [0.15, 0.2) is 0 Å². The zero-order valence-electron chi connectivity index (χ0n) is 9.80. The van der Waals surface area contributed by atoms with Crippen molar-refractivity contribution in [1.82, 2.24) is 0 Å². The first-order valence-electron chi connectivity index (χ1n) is 6.23. The zero-order valence-corrected chi connectivity index (χ0v) is 9.80. The lowest BCUT2D eigenvalue weighted by atomic mass is 9.94. The topological polar surface area (TPSA) is 23.1 Å². The summed E-state index contributed by atoms with van der Waals surface area (Å²) in [6.45, 7) is 3.02. The average Bonchev–Trinajstić information content (AvgIpc) is 2.19. The molecule has 2 nitrogen and oxygen atoms in total. The Hall–Kier alpha value is -0.0800. The third kappa shape index (κ3) is 3.58. The molecule has 0 N–H and O–H groups in total. The van der Waals surface area contributed by atoms with Gasteiger partial charge in [0, 0.05) is 0 Å². The largest absolute Gasteiger partial charge is 0.633 e. The van der Waals surface area contributed by atoms with E-state index in [0.717, 1.165) is 25.8 Å². The van der Waals surface area contributed by atoms with Crippen LogP contribution in [0.15, 0.2) is 0 Å². The molecule has 1 aliphatic carbocycles. The van der Waals surface area contributed by atoms with Crippen molar-refractivity contribution in [2.75, 3.05) is 13.6 Å². The monoisotopic (exact) mass is 199 g/mol. The first kappa shape index (κ1) is 12.0. The summed E-state index contributed by atoms with van der Waals surface area (Å²) in [6.07, 6.45) is 9.73. The van der Waals surface area contributed by atoms with Crippen LogP contribution in [0.25, 0.3) is 0 Å². The van der Waals surface area contributed by atoms with Crippen LogP contribution in [-0.4, -0.2) is 24.3 Å². The number of hydroxylamine groups is 3. The van der Waals surface area contributed by atoms with Gasteiger partial charge in [0.25, 0.3) is 0 Å². The molecule has 1 rings (SSSR count). The fourth-order valence-electron chi connectivity index (χ4n) is 2.49. The van der Waals surface area contributed by atoms with Gasteiger partial charge in [0.1, 0.15) is 0 Å². The first-order valence-corrected chi connectivity index (χ1v) is 6.23. The van der Waals surface area contributed by atoms with Gasteiger partial charge >= 0.3 is 0 Å². The molecule has 1 atom stereocenters. The Morgan fingerprint density at radius 1 is 1.14 bits per heavy atom. The van der Waals surface area contributed by atoms with Crippen LogP contribution >= 0.6 is 0 Å². The molecule has 0 aromatic heterocycles. The summed E-state index contributed by atoms with van der Waals surface area (Å²) < 4.78 is 0.0278. The number of quaternary nitrogens is 1. The van der Waals surface area contributed by atoms with Crippen molar-refractivity contribution in [3.63, 3.8) is 0 Å². The molecule has 84 valence electrons. The SMILES string of the molecule is CCCCC[N+](C)([O-])C1CCCCC1. The van der Waals surface area contributed by atoms with E-state index in [2.05, 4.69) is 6.92 Å². The normalized spacial score (nSPS) is 23.4. The number of rotatable bonds is 5. The van der Waals surface area contributed by atoms with Gasteiger partial charge in [-0.1, -0.05) is 19.8 Å². The predicted octanol–water partition coefficient (Wildman–Crippen LogP) is 3.45. The van der Waals surface area contributed by atoms with Crippen molar-refractivity contribution in [2.45, 2.75) is 64.3 Å². The van der Waals surface area contributed by atoms with Crippen LogP contribution in [-0.2, 0) is 0 Å². The second-order valence-corrected chi connectivity index (χ2v) is 4.90. The van der Waals surface area contributed by atoms with Crippen molar-refractivity contribution in [2.24, 2.45) is 0 Å². The van der Waals surface area contributed by atoms with E-state index >= 15 is 0 Å². The maximum atomic E-state index is 12.3. The maximum absolute atomic E-state index is 12.3. The van der Waals surface area contributed by atoms with Crippen LogP contribution in [0.1, 0.15) is 58.3 Å². The third-order valence-corrected chi connectivity index (χ3v) is 3.55. The van der Waals surface area contributed by atoms with Crippen molar-refractivity contribution in [3.05, 3.63) is 5.21 Å². The van der Waals surface area contributed by atoms with Gasteiger partial charge in [-0.15, -0.1) is 0 Å². The molecule has 0 bridgehead atoms. The van der Waals surface area contributed by atoms with Crippen LogP contribution in [0.5, 0.6) is 0 Å². The Morgan fingerprint density at radius 2 is 1.79 bits per heavy atom. The summed E-state index contributed by atoms with van der Waals surface area (Å²) >= 11 is 0. The zero-order chi connectivity index (χ0) is 10.4. The highest BCUT2D eigenvalue weighted by Crippen LogP contribution is 2.26. The van der Waals surface area contributed by atoms with Crippen LogP contribution in [0.3, 0.4) is 0 Å². The van der Waals surface area contributed by atoms with Crippen LogP contribution in [0.2, 0.25) is 0 Å². The molecule has 0 saturated heterocycles. The Balaban J connectivity index is 2.29. The lowest BCUT2D eigenvalue weighted by Crippen LogP contribution is -2.48. The van der Waals surface area contributed by atoms with Gasteiger partial charge in [-0.05, 0) is 38.5 Å². The Morgan fingerprint density at radius 3 is 2.36 bits per heavy atom. The van der Waals surface area contributed by atoms with Crippen LogP contribution in [0, 0.1) is 5.21 Å². The van der Waals surface area contributed by atoms with E-state index in [1.54, 1.807) is 0 Å². The van der Waals surface area contributed by atoms with E-state index in [1.807, 2.05) is 7.05 Å². The molecule has 0 spiro atoms. The summed E-state index contributed by atoms with van der Waals surface area (Å²) in [5, 5.41) is 12.3. The van der Waals surface area contributed by atoms with Gasteiger partial charge in [-0.25, -0.2) is 0 Å². The van der Waals surface area contributed by atoms with Crippen molar-refractivity contribution >= 4 is 0 Å². The van der Waals surface area contributed by atoms with E-state index in [1.165, 1.54) is 32.1 Å². The number of hydrogen-bond acceptors (Lipinski definition) is 1. The Bertz CT molecular complexity index is 150. The molecule has 0 aromatic rings. The Labute approximate surface area is 88.5 Å². The van der Waals surface area contributed by atoms with E-state index in [4.69, 9.17) is 0 Å². The van der Waals surface area contributed by atoms with Crippen molar-refractivity contribution in [1.29, 1.82) is 0 Å². The smallest absolute Gasteiger partial charge is 0.0885 e. The van der Waals surface area contributed by atoms with E-state index in [9.17, 15) is 5.21 Å². The van der Waals surface area contributed by atoms with E-state index < -0.39 is 0 Å². The second kappa shape index (κ2) is 5.72. The van der Waals surface area contributed by atoms with Crippen LogP contribution in [0.4, 0.5) is 0 Å². The van der Waals surface area contributed by atoms with Crippen molar-refractivity contribution < 1.29 is 4.65 Å². The van der Waals surface area contributed by atoms with E-state index in [-0.39, 0.29) is 4.65 Å². The lowest BCUT2D eigenvalue weighted by Gasteiger charge is -2.47. The minimum atomic E-state index is 0.0278. The average molecular weight is 199 g/mol. The molecule has 0 aromatic carbocycles. The van der Waals surface area contributed by atoms with Gasteiger partial charge in [0.05, 0.1) is 19.6 Å². The standard InChI is InChI=1S/C12H25NO/c1-3-4-8-11-13(2,14)12-9-6-5-7-10-12/h12H,3-11H2,1-2H3. The minimum Gasteiger partial charge on any atom is -0.633 e. The second-order valence-electron chi connectivity index (χ2n) is 4.90. The summed E-state index contributed by atoms with van der Waals surface area (Å²) in [5.74, 6) is 0.